The molecule has 1 saturated heterocycles. The van der Waals surface area contributed by atoms with Crippen LogP contribution in [0.1, 0.15) is 6.42 Å². The summed E-state index contributed by atoms with van der Waals surface area (Å²) in [7, 11) is 2.13. The first kappa shape index (κ1) is 6.05. The molecule has 1 aliphatic heterocycles. The molecule has 0 spiro atoms. The first-order valence-corrected chi connectivity index (χ1v) is 3.16. The van der Waals surface area contributed by atoms with Crippen LogP contribution in [0.25, 0.3) is 0 Å². The summed E-state index contributed by atoms with van der Waals surface area (Å²) < 4.78 is 5.22. The molecule has 2 heteroatoms. The van der Waals surface area contributed by atoms with E-state index in [2.05, 4.69) is 11.9 Å². The van der Waals surface area contributed by atoms with Crippen LogP contribution in [0.2, 0.25) is 0 Å². The van der Waals surface area contributed by atoms with Crippen molar-refractivity contribution < 1.29 is 4.74 Å². The van der Waals surface area contributed by atoms with E-state index in [-0.39, 0.29) is 0 Å². The third kappa shape index (κ3) is 1.80. The van der Waals surface area contributed by atoms with E-state index in [1.165, 1.54) is 13.0 Å². The highest BCUT2D eigenvalue weighted by Gasteiger charge is 2.01. The zero-order valence-electron chi connectivity index (χ0n) is 5.39. The van der Waals surface area contributed by atoms with Crippen molar-refractivity contribution in [1.29, 1.82) is 0 Å². The van der Waals surface area contributed by atoms with Gasteiger partial charge < -0.3 is 9.64 Å². The minimum atomic E-state index is 0.913. The van der Waals surface area contributed by atoms with Gasteiger partial charge >= 0.3 is 0 Å². The van der Waals surface area contributed by atoms with Gasteiger partial charge in [0.15, 0.2) is 0 Å². The molecule has 0 aliphatic carbocycles. The van der Waals surface area contributed by atoms with E-state index in [9.17, 15) is 0 Å². The van der Waals surface area contributed by atoms with E-state index < -0.39 is 0 Å². The van der Waals surface area contributed by atoms with Gasteiger partial charge in [0.05, 0.1) is 6.61 Å². The highest BCUT2D eigenvalue weighted by atomic mass is 16.5. The van der Waals surface area contributed by atoms with Gasteiger partial charge in [0.1, 0.15) is 0 Å². The van der Waals surface area contributed by atoms with Crippen LogP contribution in [0.4, 0.5) is 0 Å². The molecule has 1 fully saturated rings. The number of nitrogens with zero attached hydrogens (tertiary/aromatic N) is 1. The second-order valence-electron chi connectivity index (χ2n) is 2.27. The molecule has 0 amide bonds. The maximum Gasteiger partial charge on any atom is 0.0593 e. The van der Waals surface area contributed by atoms with Gasteiger partial charge in [-0.05, 0) is 13.5 Å². The Bertz CT molecular complexity index is 57.5. The molecule has 0 aromatic carbocycles. The molecule has 2 nitrogen and oxygen atoms in total. The van der Waals surface area contributed by atoms with Crippen LogP contribution >= 0.6 is 0 Å². The highest BCUT2D eigenvalue weighted by molar-refractivity contribution is 4.53. The third-order valence-electron chi connectivity index (χ3n) is 1.45. The minimum absolute atomic E-state index is 0.913. The molecule has 0 atom stereocenters. The van der Waals surface area contributed by atoms with Crippen LogP contribution in [0.3, 0.4) is 0 Å². The van der Waals surface area contributed by atoms with Gasteiger partial charge in [0.2, 0.25) is 0 Å². The molecule has 8 heavy (non-hydrogen) atoms. The van der Waals surface area contributed by atoms with E-state index >= 15 is 0 Å². The summed E-state index contributed by atoms with van der Waals surface area (Å²) in [4.78, 5) is 2.30. The Labute approximate surface area is 50.4 Å². The highest BCUT2D eigenvalue weighted by Crippen LogP contribution is 1.93. The largest absolute Gasteiger partial charge is 0.380 e. The molecular formula is C6H13NO. The van der Waals surface area contributed by atoms with E-state index in [4.69, 9.17) is 4.74 Å². The van der Waals surface area contributed by atoms with Crippen molar-refractivity contribution in [2.75, 3.05) is 33.4 Å². The van der Waals surface area contributed by atoms with Crippen LogP contribution in [0.5, 0.6) is 0 Å². The lowest BCUT2D eigenvalue weighted by atomic mass is 10.4. The average Bonchev–Trinajstić information content (AvgIpc) is 1.94. The van der Waals surface area contributed by atoms with Gasteiger partial charge in [0.25, 0.3) is 0 Å². The number of likely N-dealkylation sites (N-methyl/N-ethyl adjacent to an activating group) is 1. The minimum Gasteiger partial charge on any atom is -0.380 e. The molecule has 0 saturated carbocycles. The summed E-state index contributed by atoms with van der Waals surface area (Å²) >= 11 is 0. The van der Waals surface area contributed by atoms with E-state index in [0.29, 0.717) is 0 Å². The van der Waals surface area contributed by atoms with Gasteiger partial charge in [-0.2, -0.15) is 0 Å². The number of rotatable bonds is 0. The number of hydrogen-bond acceptors (Lipinski definition) is 2. The Morgan fingerprint density at radius 1 is 1.25 bits per heavy atom. The molecule has 0 unspecified atom stereocenters. The number of hydrogen-bond donors (Lipinski definition) is 0. The lowest BCUT2D eigenvalue weighted by molar-refractivity contribution is 0.144. The first-order valence-electron chi connectivity index (χ1n) is 3.16. The van der Waals surface area contributed by atoms with Gasteiger partial charge in [-0.1, -0.05) is 0 Å². The fourth-order valence-electron chi connectivity index (χ4n) is 0.871. The first-order chi connectivity index (χ1) is 3.89. The van der Waals surface area contributed by atoms with Crippen LogP contribution < -0.4 is 0 Å². The lowest BCUT2D eigenvalue weighted by Gasteiger charge is -2.09. The van der Waals surface area contributed by atoms with Crippen LogP contribution in [-0.2, 0) is 4.74 Å². The fraction of sp³-hybridized carbons (Fsp3) is 1.00. The molecule has 1 aliphatic rings. The van der Waals surface area contributed by atoms with Gasteiger partial charge in [-0.15, -0.1) is 0 Å². The molecule has 1 rings (SSSR count). The van der Waals surface area contributed by atoms with Crippen molar-refractivity contribution in [2.24, 2.45) is 0 Å². The monoisotopic (exact) mass is 115 g/mol. The van der Waals surface area contributed by atoms with E-state index in [1.807, 2.05) is 0 Å². The van der Waals surface area contributed by atoms with E-state index in [1.54, 1.807) is 0 Å². The fourth-order valence-corrected chi connectivity index (χ4v) is 0.871. The van der Waals surface area contributed by atoms with Crippen molar-refractivity contribution in [3.8, 4) is 0 Å². The predicted molar refractivity (Wildman–Crippen MR) is 32.9 cm³/mol. The molecule has 0 radical (unpaired) electrons. The Kier molecular flexibility index (Phi) is 2.30. The number of ether oxygens (including phenoxy) is 1. The van der Waals surface area contributed by atoms with Crippen molar-refractivity contribution >= 4 is 0 Å². The molecule has 48 valence electrons. The van der Waals surface area contributed by atoms with E-state index in [0.717, 1.165) is 19.8 Å². The zero-order valence-corrected chi connectivity index (χ0v) is 5.39. The van der Waals surface area contributed by atoms with Crippen molar-refractivity contribution in [1.82, 2.24) is 4.90 Å². The summed E-state index contributed by atoms with van der Waals surface area (Å²) in [5.74, 6) is 0. The normalized spacial score (nSPS) is 25.1. The SMILES string of the molecule is CN1CCCOCC1. The summed E-state index contributed by atoms with van der Waals surface area (Å²) in [5.41, 5.74) is 0. The molecule has 0 N–H and O–H groups in total. The molecule has 0 aromatic heterocycles. The molecule has 1 heterocycles. The summed E-state index contributed by atoms with van der Waals surface area (Å²) in [6.45, 7) is 4.15. The topological polar surface area (TPSA) is 12.5 Å². The lowest BCUT2D eigenvalue weighted by Crippen LogP contribution is -2.20. The molecule has 0 aromatic rings. The standard InChI is InChI=1S/C6H13NO/c1-7-3-2-5-8-6-4-7/h2-6H2,1H3. The van der Waals surface area contributed by atoms with Gasteiger partial charge in [-0.3, -0.25) is 0 Å². The van der Waals surface area contributed by atoms with Gasteiger partial charge in [-0.25, -0.2) is 0 Å². The summed E-state index contributed by atoms with van der Waals surface area (Å²) in [5, 5.41) is 0. The maximum absolute atomic E-state index is 5.22. The Hall–Kier alpha value is -0.0800. The Morgan fingerprint density at radius 2 is 2.12 bits per heavy atom. The quantitative estimate of drug-likeness (QED) is 0.451. The summed E-state index contributed by atoms with van der Waals surface area (Å²) in [6, 6.07) is 0. The molecule has 0 bridgehead atoms. The van der Waals surface area contributed by atoms with Gasteiger partial charge in [0, 0.05) is 19.7 Å². The second kappa shape index (κ2) is 3.05. The molecular weight excluding hydrogens is 102 g/mol. The van der Waals surface area contributed by atoms with Crippen molar-refractivity contribution in [2.45, 2.75) is 6.42 Å². The average molecular weight is 115 g/mol. The Morgan fingerprint density at radius 3 is 3.00 bits per heavy atom. The maximum atomic E-state index is 5.22. The predicted octanol–water partition coefficient (Wildman–Crippen LogP) is 0.339. The smallest absolute Gasteiger partial charge is 0.0593 e. The third-order valence-corrected chi connectivity index (χ3v) is 1.45. The Balaban J connectivity index is 2.17. The second-order valence-corrected chi connectivity index (χ2v) is 2.27. The van der Waals surface area contributed by atoms with Crippen LogP contribution in [0.15, 0.2) is 0 Å². The van der Waals surface area contributed by atoms with Crippen LogP contribution in [0, 0.1) is 0 Å². The van der Waals surface area contributed by atoms with Crippen molar-refractivity contribution in [3.05, 3.63) is 0 Å². The van der Waals surface area contributed by atoms with Crippen LogP contribution in [-0.4, -0.2) is 38.3 Å². The zero-order chi connectivity index (χ0) is 5.82. The van der Waals surface area contributed by atoms with Crippen molar-refractivity contribution in [3.63, 3.8) is 0 Å². The summed E-state index contributed by atoms with van der Waals surface area (Å²) in [6.07, 6.45) is 1.19.